The molecule has 252 valence electrons. The van der Waals surface area contributed by atoms with Gasteiger partial charge in [0.25, 0.3) is 0 Å². The van der Waals surface area contributed by atoms with Crippen LogP contribution in [0.3, 0.4) is 0 Å². The molecule has 2 aromatic heterocycles. The average Bonchev–Trinajstić information content (AvgIpc) is 3.62. The van der Waals surface area contributed by atoms with Crippen LogP contribution < -0.4 is 0 Å². The van der Waals surface area contributed by atoms with E-state index in [4.69, 9.17) is 19.4 Å². The lowest BCUT2D eigenvalue weighted by molar-refractivity contribution is 0.667. The van der Waals surface area contributed by atoms with Gasteiger partial charge in [0.05, 0.1) is 0 Å². The van der Waals surface area contributed by atoms with E-state index in [1.165, 1.54) is 27.8 Å². The van der Waals surface area contributed by atoms with Gasteiger partial charge in [0.2, 0.25) is 0 Å². The Labute approximate surface area is 308 Å². The molecule has 0 bridgehead atoms. The predicted octanol–water partition coefficient (Wildman–Crippen LogP) is 12.8. The zero-order chi connectivity index (χ0) is 35.1. The predicted molar refractivity (Wildman–Crippen MR) is 216 cm³/mol. The van der Waals surface area contributed by atoms with Gasteiger partial charge in [-0.1, -0.05) is 152 Å². The van der Waals surface area contributed by atoms with Crippen LogP contribution in [0.4, 0.5) is 0 Å². The SMILES string of the molecule is C1=CC2=C(C=CC(c3cc(-c4nc(-c5ccccc5)nc(-c5ccc(-c6ccc(-c7ccccc7)cc6)cc5)n4)c4c(c3)oc3ccccc34)C2)CC1. The normalized spacial score (nSPS) is 15.3. The van der Waals surface area contributed by atoms with Crippen LogP contribution in [0.1, 0.15) is 30.7 Å². The molecular weight excluding hydrogens is 647 g/mol. The van der Waals surface area contributed by atoms with Crippen LogP contribution >= 0.6 is 0 Å². The van der Waals surface area contributed by atoms with E-state index < -0.39 is 0 Å². The van der Waals surface area contributed by atoms with Crippen molar-refractivity contribution in [1.82, 2.24) is 15.0 Å². The monoisotopic (exact) mass is 681 g/mol. The summed E-state index contributed by atoms with van der Waals surface area (Å²) in [6.07, 6.45) is 12.5. The van der Waals surface area contributed by atoms with E-state index in [9.17, 15) is 0 Å². The Morgan fingerprint density at radius 3 is 1.75 bits per heavy atom. The molecule has 1 unspecified atom stereocenters. The Morgan fingerprint density at radius 2 is 1.06 bits per heavy atom. The molecule has 0 aliphatic heterocycles. The molecule has 0 amide bonds. The summed E-state index contributed by atoms with van der Waals surface area (Å²) in [4.78, 5) is 15.5. The van der Waals surface area contributed by atoms with E-state index in [1.807, 2.05) is 36.4 Å². The minimum Gasteiger partial charge on any atom is -0.456 e. The van der Waals surface area contributed by atoms with Crippen LogP contribution in [0, 0.1) is 0 Å². The smallest absolute Gasteiger partial charge is 0.164 e. The number of hydrogen-bond donors (Lipinski definition) is 0. The molecule has 2 aliphatic rings. The molecule has 6 aromatic carbocycles. The summed E-state index contributed by atoms with van der Waals surface area (Å²) in [6, 6.07) is 50.7. The fourth-order valence-corrected chi connectivity index (χ4v) is 7.79. The standard InChI is InChI=1S/C49H35N3O/c1-3-11-32(12-4-1)34-19-21-35(22-20-34)36-23-26-38(27-24-36)48-50-47(37-14-5-2-6-15-37)51-49(52-48)43-30-41(40-28-25-33-13-7-8-16-39(33)29-40)31-45-46(43)42-17-9-10-18-44(42)53-45/h1-6,8-12,14-28,30-31,40H,7,13,29H2. The molecule has 53 heavy (non-hydrogen) atoms. The number of allylic oxidation sites excluding steroid dienone is 6. The largest absolute Gasteiger partial charge is 0.456 e. The van der Waals surface area contributed by atoms with Crippen molar-refractivity contribution in [1.29, 1.82) is 0 Å². The molecule has 0 saturated heterocycles. The Morgan fingerprint density at radius 1 is 0.491 bits per heavy atom. The van der Waals surface area contributed by atoms with Gasteiger partial charge in [0, 0.05) is 33.4 Å². The summed E-state index contributed by atoms with van der Waals surface area (Å²) in [6.45, 7) is 0. The van der Waals surface area contributed by atoms with Crippen LogP contribution in [-0.4, -0.2) is 15.0 Å². The molecule has 0 saturated carbocycles. The lowest BCUT2D eigenvalue weighted by Crippen LogP contribution is -2.06. The van der Waals surface area contributed by atoms with Gasteiger partial charge in [0.1, 0.15) is 11.2 Å². The first-order valence-electron chi connectivity index (χ1n) is 18.3. The second kappa shape index (κ2) is 13.2. The first kappa shape index (κ1) is 31.1. The van der Waals surface area contributed by atoms with Gasteiger partial charge < -0.3 is 4.42 Å². The first-order chi connectivity index (χ1) is 26.2. The van der Waals surface area contributed by atoms with Gasteiger partial charge in [0.15, 0.2) is 17.5 Å². The second-order valence-corrected chi connectivity index (χ2v) is 13.9. The molecule has 0 radical (unpaired) electrons. The number of furan rings is 1. The number of rotatable bonds is 6. The fraction of sp³-hybridized carbons (Fsp3) is 0.0816. The lowest BCUT2D eigenvalue weighted by atomic mass is 9.81. The van der Waals surface area contributed by atoms with E-state index in [2.05, 4.69) is 133 Å². The molecule has 8 aromatic rings. The van der Waals surface area contributed by atoms with Crippen molar-refractivity contribution in [2.75, 3.05) is 0 Å². The van der Waals surface area contributed by atoms with Gasteiger partial charge >= 0.3 is 0 Å². The molecule has 0 fully saturated rings. The summed E-state index contributed by atoms with van der Waals surface area (Å²) < 4.78 is 6.55. The second-order valence-electron chi connectivity index (χ2n) is 13.9. The molecule has 0 N–H and O–H groups in total. The van der Waals surface area contributed by atoms with Crippen LogP contribution in [0.2, 0.25) is 0 Å². The molecule has 2 aliphatic carbocycles. The molecule has 2 heterocycles. The lowest BCUT2D eigenvalue weighted by Gasteiger charge is -2.23. The third-order valence-electron chi connectivity index (χ3n) is 10.6. The molecular formula is C49H35N3O. The van der Waals surface area contributed by atoms with Crippen molar-refractivity contribution < 1.29 is 4.42 Å². The van der Waals surface area contributed by atoms with E-state index >= 15 is 0 Å². The van der Waals surface area contributed by atoms with Crippen LogP contribution in [0.15, 0.2) is 185 Å². The van der Waals surface area contributed by atoms with Crippen molar-refractivity contribution >= 4 is 21.9 Å². The maximum atomic E-state index is 6.55. The molecule has 4 nitrogen and oxygen atoms in total. The number of nitrogens with zero attached hydrogens (tertiary/aromatic N) is 3. The quantitative estimate of drug-likeness (QED) is 0.175. The molecule has 10 rings (SSSR count). The highest BCUT2D eigenvalue weighted by Gasteiger charge is 2.23. The fourth-order valence-electron chi connectivity index (χ4n) is 7.79. The average molecular weight is 682 g/mol. The zero-order valence-electron chi connectivity index (χ0n) is 29.1. The minimum atomic E-state index is 0.220. The van der Waals surface area contributed by atoms with Gasteiger partial charge in [-0.2, -0.15) is 0 Å². The van der Waals surface area contributed by atoms with E-state index in [1.54, 1.807) is 0 Å². The van der Waals surface area contributed by atoms with Crippen molar-refractivity contribution in [2.24, 2.45) is 0 Å². The summed E-state index contributed by atoms with van der Waals surface area (Å²) in [5.41, 5.74) is 13.3. The number of aromatic nitrogens is 3. The first-order valence-corrected chi connectivity index (χ1v) is 18.3. The third-order valence-corrected chi connectivity index (χ3v) is 10.6. The topological polar surface area (TPSA) is 51.8 Å². The minimum absolute atomic E-state index is 0.220. The van der Waals surface area contributed by atoms with E-state index in [0.717, 1.165) is 69.0 Å². The Hall–Kier alpha value is -6.65. The molecule has 0 spiro atoms. The highest BCUT2D eigenvalue weighted by molar-refractivity contribution is 6.12. The number of para-hydroxylation sites is 1. The Kier molecular flexibility index (Phi) is 7.72. The van der Waals surface area contributed by atoms with Crippen molar-refractivity contribution in [3.63, 3.8) is 0 Å². The summed E-state index contributed by atoms with van der Waals surface area (Å²) in [5, 5.41) is 2.07. The molecule has 1 atom stereocenters. The summed E-state index contributed by atoms with van der Waals surface area (Å²) in [7, 11) is 0. The summed E-state index contributed by atoms with van der Waals surface area (Å²) >= 11 is 0. The highest BCUT2D eigenvalue weighted by atomic mass is 16.3. The van der Waals surface area contributed by atoms with Gasteiger partial charge in [-0.05, 0) is 76.4 Å². The van der Waals surface area contributed by atoms with Crippen LogP contribution in [0.25, 0.3) is 78.4 Å². The van der Waals surface area contributed by atoms with E-state index in [-0.39, 0.29) is 5.92 Å². The van der Waals surface area contributed by atoms with Gasteiger partial charge in [-0.15, -0.1) is 0 Å². The zero-order valence-corrected chi connectivity index (χ0v) is 29.1. The van der Waals surface area contributed by atoms with E-state index in [0.29, 0.717) is 17.5 Å². The Balaban J connectivity index is 1.09. The van der Waals surface area contributed by atoms with Crippen molar-refractivity contribution in [3.8, 4) is 56.4 Å². The van der Waals surface area contributed by atoms with Crippen LogP contribution in [0.5, 0.6) is 0 Å². The summed E-state index contributed by atoms with van der Waals surface area (Å²) in [5.74, 6) is 2.12. The van der Waals surface area contributed by atoms with Gasteiger partial charge in [-0.3, -0.25) is 0 Å². The van der Waals surface area contributed by atoms with Crippen LogP contribution in [-0.2, 0) is 0 Å². The van der Waals surface area contributed by atoms with Crippen molar-refractivity contribution in [2.45, 2.75) is 25.2 Å². The Bertz CT molecular complexity index is 2720. The number of benzene rings is 6. The maximum Gasteiger partial charge on any atom is 0.164 e. The number of hydrogen-bond acceptors (Lipinski definition) is 4. The van der Waals surface area contributed by atoms with Crippen molar-refractivity contribution in [3.05, 3.63) is 187 Å². The number of fused-ring (bicyclic) bond motifs is 3. The molecule has 4 heteroatoms. The highest BCUT2D eigenvalue weighted by Crippen LogP contribution is 2.42. The maximum absolute atomic E-state index is 6.55. The van der Waals surface area contributed by atoms with Gasteiger partial charge in [-0.25, -0.2) is 15.0 Å². The third kappa shape index (κ3) is 5.88.